The van der Waals surface area contributed by atoms with Gasteiger partial charge in [0.25, 0.3) is 0 Å². The molecule has 6 heteroatoms. The lowest BCUT2D eigenvalue weighted by Gasteiger charge is -2.44. The van der Waals surface area contributed by atoms with Crippen LogP contribution in [0.1, 0.15) is 38.1 Å². The summed E-state index contributed by atoms with van der Waals surface area (Å²) in [6, 6.07) is 8.68. The first kappa shape index (κ1) is 19.8. The Balaban J connectivity index is 1.32. The quantitative estimate of drug-likeness (QED) is 0.808. The van der Waals surface area contributed by atoms with Crippen molar-refractivity contribution in [2.75, 3.05) is 32.8 Å². The average Bonchev–Trinajstić information content (AvgIpc) is 3.28. The van der Waals surface area contributed by atoms with Crippen molar-refractivity contribution in [3.8, 4) is 0 Å². The Morgan fingerprint density at radius 1 is 1.36 bits per heavy atom. The smallest absolute Gasteiger partial charge is 0.222 e. The molecule has 2 saturated heterocycles. The van der Waals surface area contributed by atoms with Gasteiger partial charge >= 0.3 is 0 Å². The fourth-order valence-electron chi connectivity index (χ4n) is 4.85. The summed E-state index contributed by atoms with van der Waals surface area (Å²) in [5.41, 5.74) is 0.919. The van der Waals surface area contributed by atoms with E-state index >= 15 is 0 Å². The molecular formula is C22H31N3O2S. The summed E-state index contributed by atoms with van der Waals surface area (Å²) in [5, 5.41) is 11.3. The van der Waals surface area contributed by atoms with Crippen LogP contribution in [-0.4, -0.2) is 64.6 Å². The van der Waals surface area contributed by atoms with Gasteiger partial charge < -0.3 is 14.9 Å². The maximum absolute atomic E-state index is 12.8. The number of aliphatic hydroxyl groups excluding tert-OH is 1. The molecule has 0 aliphatic carbocycles. The highest BCUT2D eigenvalue weighted by Gasteiger charge is 2.50. The number of nitrogens with zero attached hydrogens (tertiary/aromatic N) is 3. The molecule has 1 N–H and O–H groups in total. The van der Waals surface area contributed by atoms with E-state index in [1.54, 1.807) is 11.3 Å². The van der Waals surface area contributed by atoms with Crippen molar-refractivity contribution < 1.29 is 9.90 Å². The molecule has 5 nitrogen and oxygen atoms in total. The van der Waals surface area contributed by atoms with Crippen LogP contribution in [0.3, 0.4) is 0 Å². The fraction of sp³-hybridized carbons (Fsp3) is 0.636. The number of para-hydroxylation sites is 1. The normalized spacial score (nSPS) is 25.6. The van der Waals surface area contributed by atoms with Gasteiger partial charge in [-0.15, -0.1) is 11.3 Å². The second-order valence-electron chi connectivity index (χ2n) is 8.77. The molecule has 0 bridgehead atoms. The van der Waals surface area contributed by atoms with Crippen molar-refractivity contribution in [2.45, 2.75) is 45.6 Å². The van der Waals surface area contributed by atoms with Gasteiger partial charge in [0, 0.05) is 37.5 Å². The van der Waals surface area contributed by atoms with Crippen LogP contribution in [0, 0.1) is 11.3 Å². The van der Waals surface area contributed by atoms with E-state index in [1.807, 2.05) is 23.1 Å². The number of aryl methyl sites for hydroxylation is 1. The molecule has 2 aromatic rings. The summed E-state index contributed by atoms with van der Waals surface area (Å²) in [6.45, 7) is 8.10. The zero-order valence-corrected chi connectivity index (χ0v) is 17.7. The van der Waals surface area contributed by atoms with Crippen LogP contribution in [0.4, 0.5) is 0 Å². The van der Waals surface area contributed by atoms with Gasteiger partial charge in [-0.05, 0) is 57.7 Å². The highest BCUT2D eigenvalue weighted by Crippen LogP contribution is 2.42. The number of thiazole rings is 1. The van der Waals surface area contributed by atoms with Crippen LogP contribution >= 0.6 is 11.3 Å². The minimum Gasteiger partial charge on any atom is -0.396 e. The maximum Gasteiger partial charge on any atom is 0.222 e. The number of fused-ring (bicyclic) bond motifs is 2. The minimum atomic E-state index is -0.134. The third-order valence-electron chi connectivity index (χ3n) is 6.61. The molecule has 0 unspecified atom stereocenters. The van der Waals surface area contributed by atoms with Crippen molar-refractivity contribution in [2.24, 2.45) is 11.3 Å². The topological polar surface area (TPSA) is 56.7 Å². The number of carbonyl (C=O) groups is 1. The van der Waals surface area contributed by atoms with Crippen molar-refractivity contribution >= 4 is 27.5 Å². The Kier molecular flexibility index (Phi) is 5.72. The zero-order valence-electron chi connectivity index (χ0n) is 16.9. The van der Waals surface area contributed by atoms with Crippen molar-refractivity contribution in [1.82, 2.24) is 14.8 Å². The van der Waals surface area contributed by atoms with Gasteiger partial charge in [0.05, 0.1) is 21.8 Å². The first-order chi connectivity index (χ1) is 13.5. The Bertz CT molecular complexity index is 803. The third-order valence-corrected chi connectivity index (χ3v) is 7.71. The molecule has 0 spiro atoms. The van der Waals surface area contributed by atoms with E-state index in [2.05, 4.69) is 29.8 Å². The summed E-state index contributed by atoms with van der Waals surface area (Å²) in [5.74, 6) is 0.667. The molecule has 1 amide bonds. The van der Waals surface area contributed by atoms with Crippen LogP contribution in [0.5, 0.6) is 0 Å². The van der Waals surface area contributed by atoms with E-state index in [-0.39, 0.29) is 17.9 Å². The summed E-state index contributed by atoms with van der Waals surface area (Å²) < 4.78 is 1.21. The van der Waals surface area contributed by atoms with E-state index in [0.29, 0.717) is 24.9 Å². The first-order valence-corrected chi connectivity index (χ1v) is 11.3. The number of aliphatic hydroxyl groups is 1. The van der Waals surface area contributed by atoms with Crippen molar-refractivity contribution in [1.29, 1.82) is 0 Å². The number of likely N-dealkylation sites (tertiary alicyclic amines) is 2. The molecule has 28 heavy (non-hydrogen) atoms. The molecule has 3 heterocycles. The van der Waals surface area contributed by atoms with E-state index in [1.165, 1.54) is 4.70 Å². The molecule has 4 rings (SSSR count). The number of aromatic nitrogens is 1. The maximum atomic E-state index is 12.8. The molecular weight excluding hydrogens is 370 g/mol. The predicted octanol–water partition coefficient (Wildman–Crippen LogP) is 3.17. The number of amides is 1. The molecule has 1 aromatic heterocycles. The summed E-state index contributed by atoms with van der Waals surface area (Å²) in [6.07, 6.45) is 3.34. The van der Waals surface area contributed by atoms with Gasteiger partial charge in [-0.2, -0.15) is 0 Å². The highest BCUT2D eigenvalue weighted by atomic mass is 32.1. The summed E-state index contributed by atoms with van der Waals surface area (Å²) >= 11 is 1.73. The lowest BCUT2D eigenvalue weighted by Crippen LogP contribution is -2.52. The lowest BCUT2D eigenvalue weighted by molar-refractivity contribution is -0.130. The second-order valence-corrected chi connectivity index (χ2v) is 9.89. The summed E-state index contributed by atoms with van der Waals surface area (Å²) in [4.78, 5) is 22.0. The number of hydrogen-bond acceptors (Lipinski definition) is 5. The number of carbonyl (C=O) groups excluding carboxylic acids is 1. The molecule has 2 aliphatic heterocycles. The largest absolute Gasteiger partial charge is 0.396 e. The molecule has 2 aliphatic rings. The Morgan fingerprint density at radius 3 is 2.93 bits per heavy atom. The fourth-order valence-corrected chi connectivity index (χ4v) is 5.86. The first-order valence-electron chi connectivity index (χ1n) is 10.5. The van der Waals surface area contributed by atoms with E-state index < -0.39 is 0 Å². The van der Waals surface area contributed by atoms with Gasteiger partial charge in [0.2, 0.25) is 5.91 Å². The number of hydrogen-bond donors (Lipinski definition) is 1. The zero-order chi connectivity index (χ0) is 19.7. The number of rotatable bonds is 6. The van der Waals surface area contributed by atoms with Crippen LogP contribution in [0.15, 0.2) is 24.3 Å². The molecule has 2 atom stereocenters. The molecule has 1 aromatic carbocycles. The molecule has 0 radical (unpaired) electrons. The van der Waals surface area contributed by atoms with Crippen LogP contribution in [0.2, 0.25) is 0 Å². The van der Waals surface area contributed by atoms with Crippen LogP contribution in [0.25, 0.3) is 10.2 Å². The average molecular weight is 402 g/mol. The highest BCUT2D eigenvalue weighted by molar-refractivity contribution is 7.18. The number of piperidine rings is 1. The van der Waals surface area contributed by atoms with Gasteiger partial charge in [0.1, 0.15) is 0 Å². The molecule has 152 valence electrons. The van der Waals surface area contributed by atoms with Crippen molar-refractivity contribution in [3.05, 3.63) is 29.3 Å². The SMILES string of the molecule is CC(C)N1CC[C@@H]2CN(C(=O)CCCc3nc4ccccc4s3)C[C@]2(CO)C1. The van der Waals surface area contributed by atoms with Gasteiger partial charge in [-0.3, -0.25) is 4.79 Å². The van der Waals surface area contributed by atoms with Gasteiger partial charge in [0.15, 0.2) is 0 Å². The van der Waals surface area contributed by atoms with E-state index in [4.69, 9.17) is 0 Å². The van der Waals surface area contributed by atoms with Crippen molar-refractivity contribution in [3.63, 3.8) is 0 Å². The lowest BCUT2D eigenvalue weighted by atomic mass is 9.73. The van der Waals surface area contributed by atoms with Gasteiger partial charge in [-0.1, -0.05) is 12.1 Å². The summed E-state index contributed by atoms with van der Waals surface area (Å²) in [7, 11) is 0. The van der Waals surface area contributed by atoms with Crippen LogP contribution in [-0.2, 0) is 11.2 Å². The minimum absolute atomic E-state index is 0.134. The Labute approximate surface area is 171 Å². The Hall–Kier alpha value is -1.50. The monoisotopic (exact) mass is 401 g/mol. The third kappa shape index (κ3) is 3.82. The van der Waals surface area contributed by atoms with E-state index in [9.17, 15) is 9.90 Å². The molecule has 0 saturated carbocycles. The Morgan fingerprint density at radius 2 is 2.18 bits per heavy atom. The standard InChI is InChI=1S/C22H31N3O2S/c1-16(2)24-11-10-17-12-25(14-22(17,13-24)15-26)21(27)9-5-8-20-23-18-6-3-4-7-19(18)28-20/h3-4,6-7,16-17,26H,5,8-15H2,1-2H3/t17-,22+/m1/s1. The molecule has 2 fully saturated rings. The van der Waals surface area contributed by atoms with E-state index in [0.717, 1.165) is 49.4 Å². The predicted molar refractivity (Wildman–Crippen MR) is 113 cm³/mol. The number of benzene rings is 1. The van der Waals surface area contributed by atoms with Gasteiger partial charge in [-0.25, -0.2) is 4.98 Å². The second kappa shape index (κ2) is 8.09. The van der Waals surface area contributed by atoms with Crippen LogP contribution < -0.4 is 0 Å².